The lowest BCUT2D eigenvalue weighted by Gasteiger charge is -2.28. The molecule has 1 heterocycles. The monoisotopic (exact) mass is 435 g/mol. The first-order valence-electron chi connectivity index (χ1n) is 9.60. The van der Waals surface area contributed by atoms with Gasteiger partial charge in [-0.05, 0) is 31.7 Å². The number of nitrogens with zero attached hydrogens (tertiary/aromatic N) is 2. The van der Waals surface area contributed by atoms with Gasteiger partial charge in [0.2, 0.25) is 0 Å². The number of aliphatic carboxylic acids is 1. The number of benzene rings is 1. The van der Waals surface area contributed by atoms with E-state index < -0.39 is 12.1 Å². The third-order valence-electron chi connectivity index (χ3n) is 4.87. The molecule has 1 aliphatic rings. The standard InChI is InChI=1S/C20H25N3O4S2/c1-13(24)15-8-4-5-9-16(15)23(11-14-6-2-3-7-14)20(27)22-19-21-10-18(29-19)28-12-17(25)26/h4-5,8-10,13-14,24H,2-3,6-7,11-12H2,1H3,(H,25,26)(H,21,22,27). The Kier molecular flexibility index (Phi) is 7.51. The van der Waals surface area contributed by atoms with Crippen molar-refractivity contribution in [2.75, 3.05) is 22.5 Å². The van der Waals surface area contributed by atoms with Gasteiger partial charge < -0.3 is 10.2 Å². The zero-order chi connectivity index (χ0) is 20.8. The molecule has 2 aromatic rings. The fourth-order valence-electron chi connectivity index (χ4n) is 3.50. The molecule has 1 aromatic heterocycles. The number of hydrogen-bond acceptors (Lipinski definition) is 6. The molecule has 7 nitrogen and oxygen atoms in total. The summed E-state index contributed by atoms with van der Waals surface area (Å²) in [6.07, 6.45) is 5.41. The maximum Gasteiger partial charge on any atom is 0.328 e. The van der Waals surface area contributed by atoms with Crippen LogP contribution in [0, 0.1) is 5.92 Å². The zero-order valence-electron chi connectivity index (χ0n) is 16.2. The average Bonchev–Trinajstić information content (AvgIpc) is 3.36. The van der Waals surface area contributed by atoms with E-state index in [1.807, 2.05) is 24.3 Å². The highest BCUT2D eigenvalue weighted by molar-refractivity contribution is 8.01. The molecule has 1 atom stereocenters. The number of para-hydroxylation sites is 1. The molecule has 0 spiro atoms. The van der Waals surface area contributed by atoms with Crippen LogP contribution >= 0.6 is 23.1 Å². The summed E-state index contributed by atoms with van der Waals surface area (Å²) in [4.78, 5) is 29.8. The van der Waals surface area contributed by atoms with Gasteiger partial charge in [-0.3, -0.25) is 15.0 Å². The minimum atomic E-state index is -0.897. The molecular weight excluding hydrogens is 410 g/mol. The second-order valence-corrected chi connectivity index (χ2v) is 9.40. The topological polar surface area (TPSA) is 103 Å². The molecule has 1 aromatic carbocycles. The highest BCUT2D eigenvalue weighted by Gasteiger charge is 2.26. The number of rotatable bonds is 8. The molecule has 1 unspecified atom stereocenters. The number of anilines is 2. The SMILES string of the molecule is CC(O)c1ccccc1N(CC1CCCC1)C(=O)Nc1ncc(SCC(=O)O)s1. The molecule has 0 aliphatic heterocycles. The number of urea groups is 1. The summed E-state index contributed by atoms with van der Waals surface area (Å²) >= 11 is 2.42. The van der Waals surface area contributed by atoms with Gasteiger partial charge in [0, 0.05) is 12.1 Å². The van der Waals surface area contributed by atoms with Crippen LogP contribution in [0.15, 0.2) is 34.7 Å². The summed E-state index contributed by atoms with van der Waals surface area (Å²) in [6, 6.07) is 7.10. The lowest BCUT2D eigenvalue weighted by molar-refractivity contribution is -0.133. The van der Waals surface area contributed by atoms with E-state index in [1.165, 1.54) is 35.9 Å². The number of carboxylic acid groups (broad SMARTS) is 1. The van der Waals surface area contributed by atoms with Crippen molar-refractivity contribution in [1.29, 1.82) is 0 Å². The second kappa shape index (κ2) is 10.1. The van der Waals surface area contributed by atoms with Crippen molar-refractivity contribution in [2.45, 2.75) is 42.9 Å². The van der Waals surface area contributed by atoms with Gasteiger partial charge in [0.1, 0.15) is 0 Å². The van der Waals surface area contributed by atoms with E-state index in [2.05, 4.69) is 10.3 Å². The van der Waals surface area contributed by atoms with Gasteiger partial charge in [-0.2, -0.15) is 0 Å². The number of aliphatic hydroxyl groups is 1. The normalized spacial score (nSPS) is 15.2. The number of carboxylic acids is 1. The number of thioether (sulfide) groups is 1. The average molecular weight is 436 g/mol. The van der Waals surface area contributed by atoms with Crippen molar-refractivity contribution in [1.82, 2.24) is 4.98 Å². The minimum absolute atomic E-state index is 0.0504. The lowest BCUT2D eigenvalue weighted by Crippen LogP contribution is -2.39. The van der Waals surface area contributed by atoms with Crippen LogP contribution < -0.4 is 10.2 Å². The van der Waals surface area contributed by atoms with E-state index >= 15 is 0 Å². The molecule has 29 heavy (non-hydrogen) atoms. The van der Waals surface area contributed by atoms with Crippen molar-refractivity contribution in [3.63, 3.8) is 0 Å². The largest absolute Gasteiger partial charge is 0.481 e. The number of aliphatic hydroxyl groups excluding tert-OH is 1. The van der Waals surface area contributed by atoms with Crippen LogP contribution in [0.4, 0.5) is 15.6 Å². The van der Waals surface area contributed by atoms with Gasteiger partial charge in [0.25, 0.3) is 0 Å². The molecule has 0 radical (unpaired) electrons. The highest BCUT2D eigenvalue weighted by atomic mass is 32.2. The van der Waals surface area contributed by atoms with Crippen LogP contribution in [0.3, 0.4) is 0 Å². The van der Waals surface area contributed by atoms with Gasteiger partial charge in [-0.1, -0.05) is 42.4 Å². The third-order valence-corrected chi connectivity index (χ3v) is 6.97. The fraction of sp³-hybridized carbons (Fsp3) is 0.450. The van der Waals surface area contributed by atoms with E-state index in [-0.39, 0.29) is 11.8 Å². The number of thiazole rings is 1. The maximum absolute atomic E-state index is 13.1. The van der Waals surface area contributed by atoms with Gasteiger partial charge in [0.15, 0.2) is 5.13 Å². The maximum atomic E-state index is 13.1. The Labute approximate surface area is 178 Å². The Morgan fingerprint density at radius 3 is 2.76 bits per heavy atom. The Morgan fingerprint density at radius 2 is 2.07 bits per heavy atom. The Balaban J connectivity index is 1.78. The van der Waals surface area contributed by atoms with E-state index in [0.29, 0.717) is 28.8 Å². The second-order valence-electron chi connectivity index (χ2n) is 7.09. The molecule has 1 aliphatic carbocycles. The van der Waals surface area contributed by atoms with Crippen LogP contribution in [0.1, 0.15) is 44.3 Å². The third kappa shape index (κ3) is 5.94. The summed E-state index contributed by atoms with van der Waals surface area (Å²) in [7, 11) is 0. The highest BCUT2D eigenvalue weighted by Crippen LogP contribution is 2.33. The van der Waals surface area contributed by atoms with Gasteiger partial charge in [0.05, 0.1) is 28.0 Å². The molecule has 3 N–H and O–H groups in total. The van der Waals surface area contributed by atoms with Crippen molar-refractivity contribution < 1.29 is 19.8 Å². The number of carbonyl (C=O) groups excluding carboxylic acids is 1. The number of aromatic nitrogens is 1. The summed E-state index contributed by atoms with van der Waals surface area (Å²) in [5.74, 6) is -0.516. The molecule has 156 valence electrons. The molecule has 0 saturated heterocycles. The predicted molar refractivity (Wildman–Crippen MR) is 116 cm³/mol. The Hall–Kier alpha value is -2.10. The van der Waals surface area contributed by atoms with E-state index in [1.54, 1.807) is 18.0 Å². The quantitative estimate of drug-likeness (QED) is 0.524. The van der Waals surface area contributed by atoms with Crippen molar-refractivity contribution in [3.05, 3.63) is 36.0 Å². The van der Waals surface area contributed by atoms with E-state index in [0.717, 1.165) is 17.1 Å². The van der Waals surface area contributed by atoms with Crippen LogP contribution in [0.2, 0.25) is 0 Å². The van der Waals surface area contributed by atoms with Gasteiger partial charge in [-0.25, -0.2) is 9.78 Å². The van der Waals surface area contributed by atoms with Gasteiger partial charge in [-0.15, -0.1) is 11.8 Å². The van der Waals surface area contributed by atoms with Crippen LogP contribution in [-0.4, -0.2) is 39.5 Å². The minimum Gasteiger partial charge on any atom is -0.481 e. The molecular formula is C20H25N3O4S2. The summed E-state index contributed by atoms with van der Waals surface area (Å²) in [5.41, 5.74) is 1.40. The first kappa shape index (κ1) is 21.6. The van der Waals surface area contributed by atoms with E-state index in [9.17, 15) is 14.7 Å². The van der Waals surface area contributed by atoms with Crippen molar-refractivity contribution in [3.8, 4) is 0 Å². The molecule has 2 amide bonds. The first-order valence-corrected chi connectivity index (χ1v) is 11.4. The number of hydrogen-bond donors (Lipinski definition) is 3. The van der Waals surface area contributed by atoms with Crippen molar-refractivity contribution >= 4 is 45.9 Å². The summed E-state index contributed by atoms with van der Waals surface area (Å²) < 4.78 is 0.731. The van der Waals surface area contributed by atoms with Crippen LogP contribution in [0.5, 0.6) is 0 Å². The van der Waals surface area contributed by atoms with E-state index in [4.69, 9.17) is 5.11 Å². The molecule has 9 heteroatoms. The zero-order valence-corrected chi connectivity index (χ0v) is 17.8. The molecule has 0 bridgehead atoms. The van der Waals surface area contributed by atoms with Crippen LogP contribution in [0.25, 0.3) is 0 Å². The Morgan fingerprint density at radius 1 is 1.34 bits per heavy atom. The first-order chi connectivity index (χ1) is 13.9. The predicted octanol–water partition coefficient (Wildman–Crippen LogP) is 4.60. The number of carbonyl (C=O) groups is 2. The van der Waals surface area contributed by atoms with Gasteiger partial charge >= 0.3 is 12.0 Å². The fourth-order valence-corrected chi connectivity index (χ4v) is 5.09. The Bertz CT molecular complexity index is 850. The number of nitrogens with one attached hydrogen (secondary N) is 1. The smallest absolute Gasteiger partial charge is 0.328 e. The molecule has 3 rings (SSSR count). The molecule has 1 fully saturated rings. The summed E-state index contributed by atoms with van der Waals surface area (Å²) in [6.45, 7) is 2.28. The van der Waals surface area contributed by atoms with Crippen molar-refractivity contribution in [2.24, 2.45) is 5.92 Å². The number of amides is 2. The summed E-state index contributed by atoms with van der Waals surface area (Å²) in [5, 5.41) is 22.2. The molecule has 1 saturated carbocycles. The van der Waals surface area contributed by atoms with Crippen LogP contribution in [-0.2, 0) is 4.79 Å². The lowest BCUT2D eigenvalue weighted by atomic mass is 10.0.